The summed E-state index contributed by atoms with van der Waals surface area (Å²) < 4.78 is 66.8. The van der Waals surface area contributed by atoms with Crippen LogP contribution in [0.5, 0.6) is 0 Å². The maximum Gasteiger partial charge on any atom is 0.458 e. The molecule has 0 amide bonds. The van der Waals surface area contributed by atoms with E-state index in [-0.39, 0.29) is 0 Å². The average Bonchev–Trinajstić information content (AvgIpc) is 2.26. The van der Waals surface area contributed by atoms with Gasteiger partial charge in [0.25, 0.3) is 0 Å². The standard InChI is InChI=1S/C10H7F5O2/c1-17-8(16)6-4-2-3-5-7(6)9(11,12)10(13,14)15/h2-5H,1H3. The molecule has 0 aliphatic rings. The molecule has 0 aromatic heterocycles. The Balaban J connectivity index is 3.37. The first-order valence-corrected chi connectivity index (χ1v) is 4.34. The number of ether oxygens (including phenoxy) is 1. The van der Waals surface area contributed by atoms with E-state index in [9.17, 15) is 26.7 Å². The highest BCUT2D eigenvalue weighted by Crippen LogP contribution is 2.45. The Morgan fingerprint density at radius 2 is 1.65 bits per heavy atom. The van der Waals surface area contributed by atoms with E-state index in [1.54, 1.807) is 0 Å². The molecule has 0 saturated heterocycles. The van der Waals surface area contributed by atoms with Gasteiger partial charge >= 0.3 is 18.1 Å². The molecule has 0 bridgehead atoms. The summed E-state index contributed by atoms with van der Waals surface area (Å²) in [7, 11) is 0.894. The Hall–Kier alpha value is -1.66. The molecule has 1 rings (SSSR count). The number of benzene rings is 1. The Labute approximate surface area is 93.0 Å². The van der Waals surface area contributed by atoms with E-state index < -0.39 is 29.2 Å². The quantitative estimate of drug-likeness (QED) is 0.598. The lowest BCUT2D eigenvalue weighted by molar-refractivity contribution is -0.289. The fourth-order valence-electron chi connectivity index (χ4n) is 1.20. The predicted octanol–water partition coefficient (Wildman–Crippen LogP) is 3.13. The Morgan fingerprint density at radius 3 is 2.12 bits per heavy atom. The van der Waals surface area contributed by atoms with E-state index >= 15 is 0 Å². The molecule has 0 radical (unpaired) electrons. The van der Waals surface area contributed by atoms with Gasteiger partial charge in [-0.05, 0) is 6.07 Å². The summed E-state index contributed by atoms with van der Waals surface area (Å²) >= 11 is 0. The van der Waals surface area contributed by atoms with Crippen molar-refractivity contribution in [3.05, 3.63) is 35.4 Å². The van der Waals surface area contributed by atoms with Gasteiger partial charge in [0, 0.05) is 5.56 Å². The van der Waals surface area contributed by atoms with E-state index in [4.69, 9.17) is 0 Å². The summed E-state index contributed by atoms with van der Waals surface area (Å²) in [5.74, 6) is -6.35. The fourth-order valence-corrected chi connectivity index (χ4v) is 1.20. The van der Waals surface area contributed by atoms with Crippen LogP contribution in [0.15, 0.2) is 24.3 Å². The van der Waals surface area contributed by atoms with Crippen molar-refractivity contribution in [3.63, 3.8) is 0 Å². The smallest absolute Gasteiger partial charge is 0.458 e. The summed E-state index contributed by atoms with van der Waals surface area (Å²) in [6.07, 6.45) is -5.77. The number of methoxy groups -OCH3 is 1. The number of hydrogen-bond acceptors (Lipinski definition) is 2. The van der Waals surface area contributed by atoms with E-state index in [1.165, 1.54) is 6.07 Å². The molecule has 0 spiro atoms. The topological polar surface area (TPSA) is 26.3 Å². The van der Waals surface area contributed by atoms with Crippen LogP contribution in [-0.4, -0.2) is 19.3 Å². The molecule has 0 N–H and O–H groups in total. The van der Waals surface area contributed by atoms with Gasteiger partial charge in [-0.1, -0.05) is 18.2 Å². The third-order valence-corrected chi connectivity index (χ3v) is 2.03. The normalized spacial score (nSPS) is 12.4. The van der Waals surface area contributed by atoms with Crippen molar-refractivity contribution in [2.24, 2.45) is 0 Å². The molecule has 0 aliphatic carbocycles. The second-order valence-electron chi connectivity index (χ2n) is 3.11. The van der Waals surface area contributed by atoms with Gasteiger partial charge in [0.2, 0.25) is 0 Å². The highest BCUT2D eigenvalue weighted by molar-refractivity contribution is 5.91. The van der Waals surface area contributed by atoms with Crippen molar-refractivity contribution >= 4 is 5.97 Å². The van der Waals surface area contributed by atoms with E-state index in [1.807, 2.05) is 0 Å². The molecule has 0 atom stereocenters. The summed E-state index contributed by atoms with van der Waals surface area (Å²) in [6.45, 7) is 0. The fraction of sp³-hybridized carbons (Fsp3) is 0.300. The molecule has 0 heterocycles. The van der Waals surface area contributed by atoms with Crippen LogP contribution in [0.2, 0.25) is 0 Å². The minimum atomic E-state index is -5.77. The maximum atomic E-state index is 13.1. The molecule has 0 aliphatic heterocycles. The lowest BCUT2D eigenvalue weighted by atomic mass is 10.0. The molecular formula is C10H7F5O2. The van der Waals surface area contributed by atoms with Crippen LogP contribution in [0.3, 0.4) is 0 Å². The van der Waals surface area contributed by atoms with Gasteiger partial charge < -0.3 is 4.74 Å². The van der Waals surface area contributed by atoms with Gasteiger partial charge in [0.05, 0.1) is 12.7 Å². The molecule has 1 aromatic carbocycles. The molecule has 2 nitrogen and oxygen atoms in total. The molecule has 0 saturated carbocycles. The zero-order valence-corrected chi connectivity index (χ0v) is 8.52. The third-order valence-electron chi connectivity index (χ3n) is 2.03. The van der Waals surface area contributed by atoms with Crippen LogP contribution < -0.4 is 0 Å². The van der Waals surface area contributed by atoms with Gasteiger partial charge in [0.1, 0.15) is 0 Å². The van der Waals surface area contributed by atoms with Gasteiger partial charge in [0.15, 0.2) is 0 Å². The van der Waals surface area contributed by atoms with Gasteiger partial charge in [-0.2, -0.15) is 22.0 Å². The first-order valence-electron chi connectivity index (χ1n) is 4.34. The second kappa shape index (κ2) is 4.31. The van der Waals surface area contributed by atoms with Crippen LogP contribution in [-0.2, 0) is 10.7 Å². The molecule has 94 valence electrons. The predicted molar refractivity (Wildman–Crippen MR) is 47.7 cm³/mol. The molecule has 1 aromatic rings. The number of carbonyl (C=O) groups is 1. The third kappa shape index (κ3) is 2.37. The minimum absolute atomic E-state index is 0.541. The van der Waals surface area contributed by atoms with Crippen molar-refractivity contribution in [1.82, 2.24) is 0 Å². The van der Waals surface area contributed by atoms with Crippen molar-refractivity contribution in [3.8, 4) is 0 Å². The monoisotopic (exact) mass is 254 g/mol. The number of esters is 1. The molecule has 0 unspecified atom stereocenters. The SMILES string of the molecule is COC(=O)c1ccccc1C(F)(F)C(F)(F)F. The van der Waals surface area contributed by atoms with Crippen molar-refractivity contribution < 1.29 is 31.5 Å². The van der Waals surface area contributed by atoms with Crippen molar-refractivity contribution in [1.29, 1.82) is 0 Å². The lowest BCUT2D eigenvalue weighted by Gasteiger charge is -2.21. The van der Waals surface area contributed by atoms with E-state index in [2.05, 4.69) is 4.74 Å². The van der Waals surface area contributed by atoms with Gasteiger partial charge in [-0.3, -0.25) is 0 Å². The lowest BCUT2D eigenvalue weighted by Crippen LogP contribution is -2.35. The van der Waals surface area contributed by atoms with Gasteiger partial charge in [-0.25, -0.2) is 4.79 Å². The summed E-state index contributed by atoms with van der Waals surface area (Å²) in [5, 5.41) is 0. The van der Waals surface area contributed by atoms with E-state index in [0.717, 1.165) is 19.2 Å². The number of hydrogen-bond donors (Lipinski definition) is 0. The zero-order chi connectivity index (χ0) is 13.3. The van der Waals surface area contributed by atoms with Crippen LogP contribution >= 0.6 is 0 Å². The zero-order valence-electron chi connectivity index (χ0n) is 8.52. The van der Waals surface area contributed by atoms with Crippen molar-refractivity contribution in [2.45, 2.75) is 12.1 Å². The van der Waals surface area contributed by atoms with Crippen LogP contribution in [0.4, 0.5) is 22.0 Å². The number of alkyl halides is 5. The van der Waals surface area contributed by atoms with Gasteiger partial charge in [-0.15, -0.1) is 0 Å². The molecule has 17 heavy (non-hydrogen) atoms. The highest BCUT2D eigenvalue weighted by Gasteiger charge is 2.59. The average molecular weight is 254 g/mol. The van der Waals surface area contributed by atoms with Crippen LogP contribution in [0.1, 0.15) is 15.9 Å². The summed E-state index contributed by atoms with van der Waals surface area (Å²) in [4.78, 5) is 11.1. The largest absolute Gasteiger partial charge is 0.465 e. The minimum Gasteiger partial charge on any atom is -0.465 e. The molecule has 0 fully saturated rings. The molecule has 7 heteroatoms. The number of carbonyl (C=O) groups excluding carboxylic acids is 1. The number of rotatable bonds is 2. The Kier molecular flexibility index (Phi) is 3.40. The van der Waals surface area contributed by atoms with Crippen LogP contribution in [0, 0.1) is 0 Å². The highest BCUT2D eigenvalue weighted by atomic mass is 19.4. The Morgan fingerprint density at radius 1 is 1.12 bits per heavy atom. The molecular weight excluding hydrogens is 247 g/mol. The van der Waals surface area contributed by atoms with E-state index in [0.29, 0.717) is 6.07 Å². The maximum absolute atomic E-state index is 13.1. The first-order chi connectivity index (χ1) is 7.71. The van der Waals surface area contributed by atoms with Crippen LogP contribution in [0.25, 0.3) is 0 Å². The Bertz CT molecular complexity index is 425. The summed E-state index contributed by atoms with van der Waals surface area (Å²) in [6, 6.07) is 3.55. The van der Waals surface area contributed by atoms with Crippen molar-refractivity contribution in [2.75, 3.05) is 7.11 Å². The number of halogens is 5. The second-order valence-corrected chi connectivity index (χ2v) is 3.11. The first kappa shape index (κ1) is 13.4. The summed E-state index contributed by atoms with van der Waals surface area (Å²) in [5.41, 5.74) is -2.23.